The summed E-state index contributed by atoms with van der Waals surface area (Å²) < 4.78 is 27.8. The highest BCUT2D eigenvalue weighted by molar-refractivity contribution is 7.93. The maximum absolute atomic E-state index is 12.6. The van der Waals surface area contributed by atoms with Crippen LogP contribution in [-0.2, 0) is 10.0 Å². The summed E-state index contributed by atoms with van der Waals surface area (Å²) in [6.45, 7) is 5.30. The third-order valence-electron chi connectivity index (χ3n) is 3.32. The molecule has 0 radical (unpaired) electrons. The fraction of sp³-hybridized carbons (Fsp3) is 0.200. The number of rotatable bonds is 3. The predicted octanol–water partition coefficient (Wildman–Crippen LogP) is 3.65. The number of hydrogen-bond acceptors (Lipinski definition) is 3. The summed E-state index contributed by atoms with van der Waals surface area (Å²) in [5.41, 5.74) is 8.77. The fourth-order valence-electron chi connectivity index (χ4n) is 2.06. The van der Waals surface area contributed by atoms with E-state index in [0.717, 1.165) is 11.1 Å². The molecule has 3 N–H and O–H groups in total. The van der Waals surface area contributed by atoms with Crippen molar-refractivity contribution in [1.82, 2.24) is 0 Å². The highest BCUT2D eigenvalue weighted by Crippen LogP contribution is 2.29. The predicted molar refractivity (Wildman–Crippen MR) is 87.3 cm³/mol. The van der Waals surface area contributed by atoms with Crippen molar-refractivity contribution in [1.29, 1.82) is 0 Å². The molecule has 6 heteroatoms. The van der Waals surface area contributed by atoms with Crippen molar-refractivity contribution in [2.45, 2.75) is 25.7 Å². The molecule has 2 rings (SSSR count). The number of sulfonamides is 1. The van der Waals surface area contributed by atoms with Gasteiger partial charge in [-0.15, -0.1) is 0 Å². The number of benzene rings is 2. The standard InChI is InChI=1S/C15H17ClN2O2S/c1-9-6-7-12(16)8-13(9)18-21(19,20)15-11(3)5-4-10(2)14(15)17/h4-8,18H,17H2,1-3H3. The molecule has 0 aliphatic carbocycles. The monoisotopic (exact) mass is 324 g/mol. The van der Waals surface area contributed by atoms with Crippen molar-refractivity contribution in [3.8, 4) is 0 Å². The van der Waals surface area contributed by atoms with Gasteiger partial charge in [0, 0.05) is 5.02 Å². The van der Waals surface area contributed by atoms with Gasteiger partial charge in [-0.2, -0.15) is 0 Å². The number of nitrogen functional groups attached to an aromatic ring is 1. The van der Waals surface area contributed by atoms with Crippen molar-refractivity contribution >= 4 is 33.0 Å². The van der Waals surface area contributed by atoms with E-state index >= 15 is 0 Å². The average molecular weight is 325 g/mol. The minimum atomic E-state index is -3.77. The van der Waals surface area contributed by atoms with Crippen molar-refractivity contribution in [3.05, 3.63) is 52.0 Å². The SMILES string of the molecule is Cc1ccc(Cl)cc1NS(=O)(=O)c1c(C)ccc(C)c1N. The summed E-state index contributed by atoms with van der Waals surface area (Å²) >= 11 is 5.92. The molecular weight excluding hydrogens is 308 g/mol. The molecule has 2 aromatic carbocycles. The largest absolute Gasteiger partial charge is 0.397 e. The Kier molecular flexibility index (Phi) is 4.16. The summed E-state index contributed by atoms with van der Waals surface area (Å²) in [5.74, 6) is 0. The normalized spacial score (nSPS) is 11.4. The van der Waals surface area contributed by atoms with Crippen molar-refractivity contribution in [2.24, 2.45) is 0 Å². The Morgan fingerprint density at radius 2 is 1.57 bits per heavy atom. The smallest absolute Gasteiger partial charge is 0.264 e. The van der Waals surface area contributed by atoms with Crippen LogP contribution in [0.4, 0.5) is 11.4 Å². The molecule has 0 saturated heterocycles. The molecule has 4 nitrogen and oxygen atoms in total. The molecule has 0 heterocycles. The van der Waals surface area contributed by atoms with Gasteiger partial charge in [-0.1, -0.05) is 29.8 Å². The van der Waals surface area contributed by atoms with E-state index < -0.39 is 10.0 Å². The van der Waals surface area contributed by atoms with Crippen molar-refractivity contribution in [2.75, 3.05) is 10.5 Å². The number of aryl methyl sites for hydroxylation is 3. The molecule has 0 bridgehead atoms. The van der Waals surface area contributed by atoms with Crippen molar-refractivity contribution < 1.29 is 8.42 Å². The molecule has 0 saturated carbocycles. The minimum absolute atomic E-state index is 0.113. The highest BCUT2D eigenvalue weighted by atomic mass is 35.5. The summed E-state index contributed by atoms with van der Waals surface area (Å²) in [5, 5.41) is 0.465. The molecule has 2 aromatic rings. The Labute approximate surface area is 130 Å². The van der Waals surface area contributed by atoms with Gasteiger partial charge >= 0.3 is 0 Å². The van der Waals surface area contributed by atoms with Crippen LogP contribution < -0.4 is 10.5 Å². The van der Waals surface area contributed by atoms with Gasteiger partial charge < -0.3 is 5.73 Å². The maximum Gasteiger partial charge on any atom is 0.264 e. The lowest BCUT2D eigenvalue weighted by molar-refractivity contribution is 0.601. The molecular formula is C15H17ClN2O2S. The zero-order valence-corrected chi connectivity index (χ0v) is 13.6. The first-order valence-electron chi connectivity index (χ1n) is 6.37. The average Bonchev–Trinajstić information content (AvgIpc) is 2.38. The van der Waals surface area contributed by atoms with E-state index in [0.29, 0.717) is 16.3 Å². The first-order chi connectivity index (χ1) is 9.72. The number of halogens is 1. The minimum Gasteiger partial charge on any atom is -0.397 e. The molecule has 0 aliphatic rings. The molecule has 0 atom stereocenters. The Balaban J connectivity index is 2.54. The molecule has 0 unspecified atom stereocenters. The maximum atomic E-state index is 12.6. The number of hydrogen-bond donors (Lipinski definition) is 2. The second-order valence-corrected chi connectivity index (χ2v) is 7.06. The molecule has 21 heavy (non-hydrogen) atoms. The van der Waals surface area contributed by atoms with Gasteiger partial charge in [0.15, 0.2) is 0 Å². The van der Waals surface area contributed by atoms with E-state index in [4.69, 9.17) is 17.3 Å². The molecule has 0 aliphatic heterocycles. The van der Waals surface area contributed by atoms with Gasteiger partial charge in [0.2, 0.25) is 0 Å². The molecule has 0 spiro atoms. The van der Waals surface area contributed by atoms with Crippen LogP contribution in [0, 0.1) is 20.8 Å². The lowest BCUT2D eigenvalue weighted by Gasteiger charge is -2.15. The van der Waals surface area contributed by atoms with Gasteiger partial charge in [-0.25, -0.2) is 8.42 Å². The second-order valence-electron chi connectivity index (χ2n) is 5.01. The van der Waals surface area contributed by atoms with Gasteiger partial charge in [0.1, 0.15) is 4.90 Å². The van der Waals surface area contributed by atoms with Crippen LogP contribution in [0.25, 0.3) is 0 Å². The van der Waals surface area contributed by atoms with Crippen LogP contribution in [0.15, 0.2) is 35.2 Å². The zero-order chi connectivity index (χ0) is 15.8. The highest BCUT2D eigenvalue weighted by Gasteiger charge is 2.22. The Hall–Kier alpha value is -1.72. The first-order valence-corrected chi connectivity index (χ1v) is 8.23. The third kappa shape index (κ3) is 3.14. The first kappa shape index (κ1) is 15.7. The zero-order valence-electron chi connectivity index (χ0n) is 12.1. The summed E-state index contributed by atoms with van der Waals surface area (Å²) in [6.07, 6.45) is 0. The summed E-state index contributed by atoms with van der Waals surface area (Å²) in [6, 6.07) is 8.59. The van der Waals surface area contributed by atoms with E-state index in [1.54, 1.807) is 51.1 Å². The van der Waals surface area contributed by atoms with E-state index in [1.807, 2.05) is 0 Å². The lowest BCUT2D eigenvalue weighted by Crippen LogP contribution is -2.17. The van der Waals surface area contributed by atoms with E-state index in [-0.39, 0.29) is 10.6 Å². The van der Waals surface area contributed by atoms with Crippen LogP contribution in [0.5, 0.6) is 0 Å². The van der Waals surface area contributed by atoms with Crippen LogP contribution in [0.2, 0.25) is 5.02 Å². The molecule has 0 fully saturated rings. The van der Waals surface area contributed by atoms with Gasteiger partial charge in [0.05, 0.1) is 11.4 Å². The summed E-state index contributed by atoms with van der Waals surface area (Å²) in [4.78, 5) is 0.113. The van der Waals surface area contributed by atoms with Crippen LogP contribution in [-0.4, -0.2) is 8.42 Å². The van der Waals surface area contributed by atoms with Crippen LogP contribution in [0.3, 0.4) is 0 Å². The molecule has 0 amide bonds. The Bertz CT molecular complexity index is 802. The lowest BCUT2D eigenvalue weighted by atomic mass is 10.1. The Morgan fingerprint density at radius 1 is 1.00 bits per heavy atom. The van der Waals surface area contributed by atoms with Gasteiger partial charge in [0.25, 0.3) is 10.0 Å². The third-order valence-corrected chi connectivity index (χ3v) is 5.13. The number of anilines is 2. The van der Waals surface area contributed by atoms with E-state index in [2.05, 4.69) is 4.72 Å². The number of nitrogens with two attached hydrogens (primary N) is 1. The second kappa shape index (κ2) is 5.58. The molecule has 112 valence electrons. The Morgan fingerprint density at radius 3 is 2.24 bits per heavy atom. The summed E-state index contributed by atoms with van der Waals surface area (Å²) in [7, 11) is -3.77. The van der Waals surface area contributed by atoms with Gasteiger partial charge in [-0.3, -0.25) is 4.72 Å². The quantitative estimate of drug-likeness (QED) is 0.846. The van der Waals surface area contributed by atoms with Crippen LogP contribution >= 0.6 is 11.6 Å². The van der Waals surface area contributed by atoms with Crippen LogP contribution in [0.1, 0.15) is 16.7 Å². The van der Waals surface area contributed by atoms with E-state index in [9.17, 15) is 8.42 Å². The van der Waals surface area contributed by atoms with Crippen molar-refractivity contribution in [3.63, 3.8) is 0 Å². The fourth-order valence-corrected chi connectivity index (χ4v) is 3.79. The topological polar surface area (TPSA) is 72.2 Å². The molecule has 0 aromatic heterocycles. The number of nitrogens with one attached hydrogen (secondary N) is 1. The van der Waals surface area contributed by atoms with E-state index in [1.165, 1.54) is 0 Å². The van der Waals surface area contributed by atoms with Gasteiger partial charge in [-0.05, 0) is 49.6 Å².